The number of carbonyl (C=O) groups is 1. The smallest absolute Gasteiger partial charge is 0.224 e. The number of carbonyl (C=O) groups excluding carboxylic acids is 1. The van der Waals surface area contributed by atoms with Crippen LogP contribution in [0.1, 0.15) is 28.7 Å². The Morgan fingerprint density at radius 3 is 3.06 bits per heavy atom. The van der Waals surface area contributed by atoms with Gasteiger partial charge in [0, 0.05) is 12.7 Å². The molecule has 0 fully saturated rings. The van der Waals surface area contributed by atoms with Gasteiger partial charge in [0.1, 0.15) is 16.3 Å². The van der Waals surface area contributed by atoms with Crippen LogP contribution in [-0.2, 0) is 6.54 Å². The largest absolute Gasteiger partial charge is 0.495 e. The van der Waals surface area contributed by atoms with Crippen LogP contribution in [0.3, 0.4) is 0 Å². The fourth-order valence-electron chi connectivity index (χ4n) is 1.66. The third kappa shape index (κ3) is 2.24. The molecule has 2 aromatic rings. The average Bonchev–Trinajstić information content (AvgIpc) is 2.96. The second-order valence-electron chi connectivity index (χ2n) is 3.59. The molecule has 0 aliphatic carbocycles. The highest BCUT2D eigenvalue weighted by Crippen LogP contribution is 2.27. The van der Waals surface area contributed by atoms with Crippen molar-refractivity contribution in [2.75, 3.05) is 7.11 Å². The Bertz CT molecular complexity index is 516. The van der Waals surface area contributed by atoms with Crippen LogP contribution < -0.4 is 4.74 Å². The standard InChI is InChI=1S/C12H14N2O2S/c1-3-7-14-9(4-6-13-14)11(15)12-10(16-2)5-8-17-12/h4-6,8H,3,7H2,1-2H3. The van der Waals surface area contributed by atoms with E-state index in [9.17, 15) is 4.79 Å². The molecule has 0 radical (unpaired) electrons. The first-order valence-corrected chi connectivity index (χ1v) is 6.34. The van der Waals surface area contributed by atoms with Crippen molar-refractivity contribution < 1.29 is 9.53 Å². The van der Waals surface area contributed by atoms with E-state index in [1.54, 1.807) is 30.1 Å². The van der Waals surface area contributed by atoms with Crippen LogP contribution in [0.4, 0.5) is 0 Å². The molecule has 4 nitrogen and oxygen atoms in total. The highest BCUT2D eigenvalue weighted by atomic mass is 32.1. The quantitative estimate of drug-likeness (QED) is 0.766. The summed E-state index contributed by atoms with van der Waals surface area (Å²) in [5.41, 5.74) is 0.618. The van der Waals surface area contributed by atoms with E-state index in [0.29, 0.717) is 16.3 Å². The first-order valence-electron chi connectivity index (χ1n) is 5.46. The molecule has 2 rings (SSSR count). The number of ketones is 1. The van der Waals surface area contributed by atoms with Crippen molar-refractivity contribution in [1.29, 1.82) is 0 Å². The summed E-state index contributed by atoms with van der Waals surface area (Å²) in [6.07, 6.45) is 2.60. The number of rotatable bonds is 5. The van der Waals surface area contributed by atoms with Gasteiger partial charge in [-0.2, -0.15) is 5.10 Å². The Labute approximate surface area is 104 Å². The number of aromatic nitrogens is 2. The number of methoxy groups -OCH3 is 1. The zero-order valence-corrected chi connectivity index (χ0v) is 10.7. The summed E-state index contributed by atoms with van der Waals surface area (Å²) < 4.78 is 6.90. The van der Waals surface area contributed by atoms with Gasteiger partial charge in [0.05, 0.1) is 7.11 Å². The molecule has 0 unspecified atom stereocenters. The Hall–Kier alpha value is -1.62. The lowest BCUT2D eigenvalue weighted by molar-refractivity contribution is 0.103. The van der Waals surface area contributed by atoms with Gasteiger partial charge >= 0.3 is 0 Å². The first-order chi connectivity index (χ1) is 8.27. The van der Waals surface area contributed by atoms with Crippen LogP contribution in [-0.4, -0.2) is 22.7 Å². The molecular weight excluding hydrogens is 236 g/mol. The Morgan fingerprint density at radius 1 is 1.53 bits per heavy atom. The molecule has 0 aromatic carbocycles. The van der Waals surface area contributed by atoms with E-state index in [0.717, 1.165) is 13.0 Å². The van der Waals surface area contributed by atoms with Crippen LogP contribution >= 0.6 is 11.3 Å². The van der Waals surface area contributed by atoms with Gasteiger partial charge in [-0.15, -0.1) is 11.3 Å². The number of aryl methyl sites for hydroxylation is 1. The molecule has 2 aromatic heterocycles. The molecule has 0 aliphatic rings. The molecule has 0 bridgehead atoms. The predicted octanol–water partition coefficient (Wildman–Crippen LogP) is 2.59. The highest BCUT2D eigenvalue weighted by Gasteiger charge is 2.19. The first kappa shape index (κ1) is 11.9. The maximum absolute atomic E-state index is 12.3. The van der Waals surface area contributed by atoms with Gasteiger partial charge < -0.3 is 4.74 Å². The fourth-order valence-corrected chi connectivity index (χ4v) is 2.46. The number of hydrogen-bond donors (Lipinski definition) is 0. The summed E-state index contributed by atoms with van der Waals surface area (Å²) in [5.74, 6) is 0.604. The molecule has 0 N–H and O–H groups in total. The second kappa shape index (κ2) is 5.14. The van der Waals surface area contributed by atoms with Crippen molar-refractivity contribution in [3.63, 3.8) is 0 Å². The van der Waals surface area contributed by atoms with Gasteiger partial charge in [0.15, 0.2) is 0 Å². The Balaban J connectivity index is 2.34. The molecule has 0 atom stereocenters. The van der Waals surface area contributed by atoms with E-state index in [1.165, 1.54) is 11.3 Å². The summed E-state index contributed by atoms with van der Waals surface area (Å²) in [6, 6.07) is 3.55. The van der Waals surface area contributed by atoms with E-state index < -0.39 is 0 Å². The molecule has 17 heavy (non-hydrogen) atoms. The number of thiophene rings is 1. The third-order valence-electron chi connectivity index (χ3n) is 2.44. The molecule has 0 saturated carbocycles. The average molecular weight is 250 g/mol. The zero-order valence-electron chi connectivity index (χ0n) is 9.84. The lowest BCUT2D eigenvalue weighted by Gasteiger charge is -2.05. The van der Waals surface area contributed by atoms with Crippen molar-refractivity contribution in [1.82, 2.24) is 9.78 Å². The predicted molar refractivity (Wildman–Crippen MR) is 66.8 cm³/mol. The summed E-state index contributed by atoms with van der Waals surface area (Å²) in [5, 5.41) is 6.01. The number of nitrogens with zero attached hydrogens (tertiary/aromatic N) is 2. The monoisotopic (exact) mass is 250 g/mol. The Morgan fingerprint density at radius 2 is 2.35 bits per heavy atom. The molecular formula is C12H14N2O2S. The molecule has 0 amide bonds. The van der Waals surface area contributed by atoms with Crippen molar-refractivity contribution in [3.8, 4) is 5.75 Å². The van der Waals surface area contributed by atoms with Crippen LogP contribution in [0.2, 0.25) is 0 Å². The van der Waals surface area contributed by atoms with E-state index >= 15 is 0 Å². The van der Waals surface area contributed by atoms with Gasteiger partial charge in [0.2, 0.25) is 5.78 Å². The lowest BCUT2D eigenvalue weighted by Crippen LogP contribution is -2.11. The SMILES string of the molecule is CCCn1nccc1C(=O)c1sccc1OC. The highest BCUT2D eigenvalue weighted by molar-refractivity contribution is 7.12. The van der Waals surface area contributed by atoms with Crippen LogP contribution in [0.25, 0.3) is 0 Å². The molecule has 0 saturated heterocycles. The van der Waals surface area contributed by atoms with Gasteiger partial charge in [-0.3, -0.25) is 9.48 Å². The summed E-state index contributed by atoms with van der Waals surface area (Å²) in [7, 11) is 1.57. The van der Waals surface area contributed by atoms with Crippen molar-refractivity contribution >= 4 is 17.1 Å². The van der Waals surface area contributed by atoms with Crippen LogP contribution in [0.15, 0.2) is 23.7 Å². The minimum Gasteiger partial charge on any atom is -0.495 e. The van der Waals surface area contributed by atoms with Gasteiger partial charge in [-0.25, -0.2) is 0 Å². The summed E-state index contributed by atoms with van der Waals surface area (Å²) >= 11 is 1.39. The molecule has 0 aliphatic heterocycles. The topological polar surface area (TPSA) is 44.1 Å². The minimum atomic E-state index is -0.0252. The Kier molecular flexibility index (Phi) is 3.58. The van der Waals surface area contributed by atoms with Gasteiger partial charge in [-0.05, 0) is 23.9 Å². The van der Waals surface area contributed by atoms with E-state index in [1.807, 2.05) is 5.38 Å². The minimum absolute atomic E-state index is 0.0252. The van der Waals surface area contributed by atoms with Crippen molar-refractivity contribution in [2.24, 2.45) is 0 Å². The lowest BCUT2D eigenvalue weighted by atomic mass is 10.2. The number of ether oxygens (including phenoxy) is 1. The van der Waals surface area contributed by atoms with E-state index in [4.69, 9.17) is 4.74 Å². The van der Waals surface area contributed by atoms with Gasteiger partial charge in [-0.1, -0.05) is 6.92 Å². The fraction of sp³-hybridized carbons (Fsp3) is 0.333. The third-order valence-corrected chi connectivity index (χ3v) is 3.33. The summed E-state index contributed by atoms with van der Waals surface area (Å²) in [6.45, 7) is 2.81. The molecule has 0 spiro atoms. The normalized spacial score (nSPS) is 10.5. The molecule has 5 heteroatoms. The second-order valence-corrected chi connectivity index (χ2v) is 4.50. The maximum atomic E-state index is 12.3. The van der Waals surface area contributed by atoms with Crippen LogP contribution in [0, 0.1) is 0 Å². The maximum Gasteiger partial charge on any atom is 0.224 e. The number of hydrogen-bond acceptors (Lipinski definition) is 4. The summed E-state index contributed by atoms with van der Waals surface area (Å²) in [4.78, 5) is 12.9. The van der Waals surface area contributed by atoms with Crippen molar-refractivity contribution in [3.05, 3.63) is 34.3 Å². The molecule has 2 heterocycles. The van der Waals surface area contributed by atoms with Gasteiger partial charge in [0.25, 0.3) is 0 Å². The van der Waals surface area contributed by atoms with E-state index in [2.05, 4.69) is 12.0 Å². The van der Waals surface area contributed by atoms with Crippen LogP contribution in [0.5, 0.6) is 5.75 Å². The van der Waals surface area contributed by atoms with E-state index in [-0.39, 0.29) is 5.78 Å². The van der Waals surface area contributed by atoms with Crippen molar-refractivity contribution in [2.45, 2.75) is 19.9 Å². The molecule has 90 valence electrons. The zero-order chi connectivity index (χ0) is 12.3.